The largest absolute Gasteiger partial charge is 0.384 e. The summed E-state index contributed by atoms with van der Waals surface area (Å²) >= 11 is 0. The van der Waals surface area contributed by atoms with Gasteiger partial charge in [0.15, 0.2) is 0 Å². The number of ether oxygens (including phenoxy) is 1. The Labute approximate surface area is 153 Å². The average Bonchev–Trinajstić information content (AvgIpc) is 2.90. The highest BCUT2D eigenvalue weighted by Gasteiger charge is 2.35. The minimum absolute atomic E-state index is 0.333. The highest BCUT2D eigenvalue weighted by atomic mass is 32.2. The first kappa shape index (κ1) is 19.5. The average molecular weight is 374 g/mol. The topological polar surface area (TPSA) is 53.1 Å². The van der Waals surface area contributed by atoms with Gasteiger partial charge in [-0.05, 0) is 44.6 Å². The fourth-order valence-corrected chi connectivity index (χ4v) is 6.49. The molecule has 0 bridgehead atoms. The lowest BCUT2D eigenvalue weighted by atomic mass is 9.94. The molecular weight excluding hydrogens is 338 g/mol. The molecule has 1 saturated carbocycles. The molecule has 0 aromatic heterocycles. The van der Waals surface area contributed by atoms with Crippen molar-refractivity contribution in [2.75, 3.05) is 53.0 Å². The Balaban J connectivity index is 1.58. The third-order valence-electron chi connectivity index (χ3n) is 6.12. The van der Waals surface area contributed by atoms with Gasteiger partial charge in [-0.3, -0.25) is 4.90 Å². The summed E-state index contributed by atoms with van der Waals surface area (Å²) in [5.74, 6) is 0.333. The van der Waals surface area contributed by atoms with Gasteiger partial charge in [0.2, 0.25) is 0 Å². The van der Waals surface area contributed by atoms with Crippen molar-refractivity contribution in [3.63, 3.8) is 0 Å². The third-order valence-corrected chi connectivity index (χ3v) is 8.12. The second kappa shape index (κ2) is 9.13. The van der Waals surface area contributed by atoms with E-state index in [1.165, 1.54) is 32.1 Å². The van der Waals surface area contributed by atoms with Crippen LogP contribution in [0.2, 0.25) is 0 Å². The molecule has 1 aliphatic carbocycles. The first-order valence-electron chi connectivity index (χ1n) is 10.1. The van der Waals surface area contributed by atoms with E-state index in [0.717, 1.165) is 32.4 Å². The molecule has 1 atom stereocenters. The third kappa shape index (κ3) is 4.95. The molecule has 0 unspecified atom stereocenters. The molecule has 0 spiro atoms. The maximum atomic E-state index is 13.1. The van der Waals surface area contributed by atoms with Gasteiger partial charge < -0.3 is 4.74 Å². The Kier molecular flexibility index (Phi) is 7.14. The normalized spacial score (nSPS) is 29.6. The van der Waals surface area contributed by atoms with Gasteiger partial charge in [-0.2, -0.15) is 17.0 Å². The van der Waals surface area contributed by atoms with Crippen molar-refractivity contribution < 1.29 is 13.2 Å². The molecule has 146 valence electrons. The lowest BCUT2D eigenvalue weighted by molar-refractivity contribution is 0.116. The van der Waals surface area contributed by atoms with Crippen LogP contribution in [0.4, 0.5) is 0 Å². The number of hydrogen-bond acceptors (Lipinski definition) is 4. The van der Waals surface area contributed by atoms with Crippen molar-refractivity contribution in [2.24, 2.45) is 5.92 Å². The summed E-state index contributed by atoms with van der Waals surface area (Å²) in [6.07, 6.45) is 9.56. The summed E-state index contributed by atoms with van der Waals surface area (Å²) < 4.78 is 34.9. The molecule has 2 heterocycles. The number of piperidine rings is 1. The smallest absolute Gasteiger partial charge is 0.282 e. The molecule has 3 fully saturated rings. The molecule has 3 rings (SSSR count). The fourth-order valence-electron chi connectivity index (χ4n) is 4.73. The van der Waals surface area contributed by atoms with Crippen molar-refractivity contribution in [3.05, 3.63) is 0 Å². The zero-order valence-corrected chi connectivity index (χ0v) is 16.6. The fraction of sp³-hybridized carbons (Fsp3) is 1.00. The predicted molar refractivity (Wildman–Crippen MR) is 99.7 cm³/mol. The van der Waals surface area contributed by atoms with Crippen LogP contribution >= 0.6 is 0 Å². The van der Waals surface area contributed by atoms with Crippen LogP contribution in [0, 0.1) is 5.92 Å². The van der Waals surface area contributed by atoms with Gasteiger partial charge >= 0.3 is 0 Å². The summed E-state index contributed by atoms with van der Waals surface area (Å²) in [7, 11) is -1.63. The summed E-state index contributed by atoms with van der Waals surface area (Å²) in [5.41, 5.74) is 0. The van der Waals surface area contributed by atoms with E-state index >= 15 is 0 Å². The number of rotatable bonds is 5. The van der Waals surface area contributed by atoms with Crippen molar-refractivity contribution in [1.29, 1.82) is 0 Å². The summed E-state index contributed by atoms with van der Waals surface area (Å²) in [4.78, 5) is 2.55. The number of hydrogen-bond donors (Lipinski definition) is 0. The molecule has 2 saturated heterocycles. The molecule has 25 heavy (non-hydrogen) atoms. The predicted octanol–water partition coefficient (Wildman–Crippen LogP) is 1.93. The standard InChI is InChI=1S/C18H35N3O3S/c1-24-16-17-7-5-11-21(15-17)25(22,23)20-12-6-10-19(13-14-20)18-8-3-2-4-9-18/h17-18H,2-16H2,1H3/t17-/m0/s1. The Morgan fingerprint density at radius 1 is 0.840 bits per heavy atom. The maximum Gasteiger partial charge on any atom is 0.282 e. The van der Waals surface area contributed by atoms with Gasteiger partial charge in [0.1, 0.15) is 0 Å². The van der Waals surface area contributed by atoms with Gasteiger partial charge in [0.25, 0.3) is 10.2 Å². The van der Waals surface area contributed by atoms with Crippen molar-refractivity contribution in [3.8, 4) is 0 Å². The molecule has 3 aliphatic rings. The van der Waals surface area contributed by atoms with E-state index in [9.17, 15) is 8.42 Å². The molecule has 0 aromatic carbocycles. The van der Waals surface area contributed by atoms with E-state index in [1.807, 2.05) is 0 Å². The highest BCUT2D eigenvalue weighted by molar-refractivity contribution is 7.86. The first-order valence-corrected chi connectivity index (χ1v) is 11.5. The van der Waals surface area contributed by atoms with Crippen LogP contribution < -0.4 is 0 Å². The van der Waals surface area contributed by atoms with Gasteiger partial charge in [-0.1, -0.05) is 19.3 Å². The Morgan fingerprint density at radius 3 is 2.36 bits per heavy atom. The molecule has 6 nitrogen and oxygen atoms in total. The number of nitrogens with zero attached hydrogens (tertiary/aromatic N) is 3. The van der Waals surface area contributed by atoms with Crippen LogP contribution in [-0.2, 0) is 14.9 Å². The molecule has 7 heteroatoms. The van der Waals surface area contributed by atoms with Crippen molar-refractivity contribution >= 4 is 10.2 Å². The maximum absolute atomic E-state index is 13.1. The monoisotopic (exact) mass is 373 g/mol. The second-order valence-electron chi connectivity index (χ2n) is 7.91. The van der Waals surface area contributed by atoms with E-state index in [-0.39, 0.29) is 0 Å². The Hall–Kier alpha value is -0.210. The van der Waals surface area contributed by atoms with Crippen LogP contribution in [0.5, 0.6) is 0 Å². The summed E-state index contributed by atoms with van der Waals surface area (Å²) in [6, 6.07) is 0.678. The molecule has 0 radical (unpaired) electrons. The molecule has 0 aromatic rings. The summed E-state index contributed by atoms with van der Waals surface area (Å²) in [5, 5.41) is 0. The van der Waals surface area contributed by atoms with Crippen molar-refractivity contribution in [2.45, 2.75) is 57.4 Å². The zero-order valence-electron chi connectivity index (χ0n) is 15.7. The first-order chi connectivity index (χ1) is 12.1. The minimum Gasteiger partial charge on any atom is -0.384 e. The second-order valence-corrected chi connectivity index (χ2v) is 9.84. The van der Waals surface area contributed by atoms with Crippen LogP contribution in [-0.4, -0.2) is 81.0 Å². The lowest BCUT2D eigenvalue weighted by Gasteiger charge is -2.35. The van der Waals surface area contributed by atoms with Gasteiger partial charge in [0.05, 0.1) is 6.61 Å². The van der Waals surface area contributed by atoms with E-state index in [1.54, 1.807) is 15.7 Å². The summed E-state index contributed by atoms with van der Waals surface area (Å²) in [6.45, 7) is 5.16. The van der Waals surface area contributed by atoms with E-state index in [2.05, 4.69) is 4.90 Å². The van der Waals surface area contributed by atoms with Gasteiger partial charge in [0, 0.05) is 45.9 Å². The Morgan fingerprint density at radius 2 is 1.60 bits per heavy atom. The molecular formula is C18H35N3O3S. The SMILES string of the molecule is COC[C@H]1CCCN(S(=O)(=O)N2CCCN(C3CCCCC3)CC2)C1. The van der Waals surface area contributed by atoms with Crippen LogP contribution in [0.3, 0.4) is 0 Å². The van der Waals surface area contributed by atoms with Crippen molar-refractivity contribution in [1.82, 2.24) is 13.5 Å². The lowest BCUT2D eigenvalue weighted by Crippen LogP contribution is -2.49. The molecule has 0 amide bonds. The minimum atomic E-state index is -3.33. The quantitative estimate of drug-likeness (QED) is 0.739. The number of methoxy groups -OCH3 is 1. The van der Waals surface area contributed by atoms with Crippen LogP contribution in [0.15, 0.2) is 0 Å². The highest BCUT2D eigenvalue weighted by Crippen LogP contribution is 2.25. The zero-order chi connectivity index (χ0) is 17.7. The van der Waals surface area contributed by atoms with Crippen LogP contribution in [0.25, 0.3) is 0 Å². The molecule has 0 N–H and O–H groups in total. The molecule has 2 aliphatic heterocycles. The Bertz CT molecular complexity index is 506. The van der Waals surface area contributed by atoms with Gasteiger partial charge in [-0.15, -0.1) is 0 Å². The van der Waals surface area contributed by atoms with E-state index in [4.69, 9.17) is 4.74 Å². The van der Waals surface area contributed by atoms with E-state index in [0.29, 0.717) is 44.7 Å². The van der Waals surface area contributed by atoms with Crippen LogP contribution in [0.1, 0.15) is 51.4 Å². The van der Waals surface area contributed by atoms with E-state index < -0.39 is 10.2 Å². The van der Waals surface area contributed by atoms with Gasteiger partial charge in [-0.25, -0.2) is 0 Å².